The van der Waals surface area contributed by atoms with Crippen molar-refractivity contribution in [3.63, 3.8) is 0 Å². The molecule has 0 aromatic carbocycles. The van der Waals surface area contributed by atoms with Crippen molar-refractivity contribution in [3.8, 4) is 0 Å². The van der Waals surface area contributed by atoms with E-state index in [2.05, 4.69) is 26.2 Å². The van der Waals surface area contributed by atoms with Gasteiger partial charge in [-0.15, -0.1) is 5.10 Å². The topological polar surface area (TPSA) is 67.6 Å². The number of furan rings is 1. The fourth-order valence-corrected chi connectivity index (χ4v) is 2.67. The number of aromatic nitrogens is 4. The zero-order valence-corrected chi connectivity index (χ0v) is 13.2. The summed E-state index contributed by atoms with van der Waals surface area (Å²) in [5.41, 5.74) is 2.32. The molecule has 3 heterocycles. The van der Waals surface area contributed by atoms with E-state index >= 15 is 0 Å². The summed E-state index contributed by atoms with van der Waals surface area (Å²) in [6.07, 6.45) is 7.43. The van der Waals surface area contributed by atoms with Crippen LogP contribution in [0.2, 0.25) is 0 Å². The molecule has 0 fully saturated rings. The Kier molecular flexibility index (Phi) is 4.39. The molecule has 0 unspecified atom stereocenters. The van der Waals surface area contributed by atoms with Gasteiger partial charge in [-0.1, -0.05) is 17.8 Å². The van der Waals surface area contributed by atoms with E-state index in [4.69, 9.17) is 4.42 Å². The number of aromatic amines is 1. The van der Waals surface area contributed by atoms with E-state index in [0.29, 0.717) is 5.82 Å². The van der Waals surface area contributed by atoms with Gasteiger partial charge in [-0.25, -0.2) is 4.98 Å². The van der Waals surface area contributed by atoms with Crippen molar-refractivity contribution >= 4 is 23.9 Å². The molecule has 1 N–H and O–H groups in total. The molecule has 0 spiro atoms. The maximum Gasteiger partial charge on any atom is 0.209 e. The Morgan fingerprint density at radius 3 is 2.91 bits per heavy atom. The van der Waals surface area contributed by atoms with Gasteiger partial charge in [-0.3, -0.25) is 10.1 Å². The monoisotopic (exact) mass is 312 g/mol. The number of rotatable bonds is 5. The van der Waals surface area contributed by atoms with Crippen LogP contribution in [0.3, 0.4) is 0 Å². The van der Waals surface area contributed by atoms with Crippen molar-refractivity contribution in [2.45, 2.75) is 24.8 Å². The predicted molar refractivity (Wildman–Crippen MR) is 87.3 cm³/mol. The van der Waals surface area contributed by atoms with Crippen LogP contribution in [0.5, 0.6) is 0 Å². The van der Waals surface area contributed by atoms with Gasteiger partial charge >= 0.3 is 0 Å². The molecule has 0 aliphatic rings. The number of hydrogen-bond donors (Lipinski definition) is 1. The minimum absolute atomic E-state index is 0.707. The highest BCUT2D eigenvalue weighted by Crippen LogP contribution is 2.19. The molecule has 0 amide bonds. The van der Waals surface area contributed by atoms with Crippen molar-refractivity contribution in [2.24, 2.45) is 0 Å². The van der Waals surface area contributed by atoms with Gasteiger partial charge in [-0.05, 0) is 49.3 Å². The second-order valence-corrected chi connectivity index (χ2v) is 5.89. The van der Waals surface area contributed by atoms with Crippen LogP contribution >= 0.6 is 11.8 Å². The van der Waals surface area contributed by atoms with E-state index in [1.807, 2.05) is 50.5 Å². The summed E-state index contributed by atoms with van der Waals surface area (Å²) in [4.78, 5) is 8.60. The molecule has 3 aromatic rings. The van der Waals surface area contributed by atoms with Crippen molar-refractivity contribution in [2.75, 3.05) is 0 Å². The third-order valence-corrected chi connectivity index (χ3v) is 3.87. The van der Waals surface area contributed by atoms with Gasteiger partial charge in [-0.2, -0.15) is 0 Å². The minimum Gasteiger partial charge on any atom is -0.462 e. The van der Waals surface area contributed by atoms with Crippen molar-refractivity contribution < 1.29 is 4.42 Å². The lowest BCUT2D eigenvalue weighted by atomic mass is 10.2. The lowest BCUT2D eigenvalue weighted by Gasteiger charge is -1.98. The second kappa shape index (κ2) is 6.62. The summed E-state index contributed by atoms with van der Waals surface area (Å²) in [7, 11) is 0. The molecule has 5 nitrogen and oxygen atoms in total. The molecule has 3 aromatic heterocycles. The van der Waals surface area contributed by atoms with E-state index in [1.54, 1.807) is 11.8 Å². The van der Waals surface area contributed by atoms with Gasteiger partial charge in [0.2, 0.25) is 5.16 Å². The first kappa shape index (κ1) is 14.6. The SMILES string of the molecule is Cc1cncc(CSc2n[nH]c(/C=C/c3ccc(C)o3)n2)c1. The lowest BCUT2D eigenvalue weighted by molar-refractivity contribution is 0.525. The van der Waals surface area contributed by atoms with Crippen molar-refractivity contribution in [3.05, 3.63) is 59.1 Å². The first-order chi connectivity index (χ1) is 10.7. The minimum atomic E-state index is 0.707. The van der Waals surface area contributed by atoms with E-state index in [9.17, 15) is 0 Å². The average Bonchev–Trinajstić information content (AvgIpc) is 3.12. The van der Waals surface area contributed by atoms with E-state index in [0.717, 1.165) is 33.6 Å². The molecule has 0 saturated carbocycles. The van der Waals surface area contributed by atoms with Gasteiger partial charge in [0.25, 0.3) is 0 Å². The third-order valence-electron chi connectivity index (χ3n) is 2.95. The van der Waals surface area contributed by atoms with Crippen molar-refractivity contribution in [1.29, 1.82) is 0 Å². The summed E-state index contributed by atoms with van der Waals surface area (Å²) in [6, 6.07) is 5.96. The van der Waals surface area contributed by atoms with Crippen LogP contribution in [0.4, 0.5) is 0 Å². The fourth-order valence-electron chi connectivity index (χ4n) is 1.95. The van der Waals surface area contributed by atoms with Gasteiger partial charge < -0.3 is 4.42 Å². The maximum absolute atomic E-state index is 5.47. The van der Waals surface area contributed by atoms with Crippen LogP contribution in [0.1, 0.15) is 28.5 Å². The first-order valence-electron chi connectivity index (χ1n) is 6.89. The summed E-state index contributed by atoms with van der Waals surface area (Å²) in [6.45, 7) is 3.95. The van der Waals surface area contributed by atoms with Gasteiger partial charge in [0.1, 0.15) is 17.3 Å². The van der Waals surface area contributed by atoms with Crippen LogP contribution in [0.15, 0.2) is 40.2 Å². The molecular weight excluding hydrogens is 296 g/mol. The smallest absolute Gasteiger partial charge is 0.209 e. The number of aryl methyl sites for hydroxylation is 2. The van der Waals surface area contributed by atoms with Crippen LogP contribution in [0.25, 0.3) is 12.2 Å². The number of thioether (sulfide) groups is 1. The summed E-state index contributed by atoms with van der Waals surface area (Å²) >= 11 is 1.58. The predicted octanol–water partition coefficient (Wildman–Crippen LogP) is 3.87. The molecule has 0 atom stereocenters. The van der Waals surface area contributed by atoms with Crippen LogP contribution in [-0.2, 0) is 5.75 Å². The Morgan fingerprint density at radius 1 is 1.23 bits per heavy atom. The van der Waals surface area contributed by atoms with Gasteiger partial charge in [0.15, 0.2) is 0 Å². The van der Waals surface area contributed by atoms with Gasteiger partial charge in [0, 0.05) is 18.1 Å². The second-order valence-electron chi connectivity index (χ2n) is 4.94. The number of pyridine rings is 1. The molecule has 0 radical (unpaired) electrons. The zero-order chi connectivity index (χ0) is 15.4. The van der Waals surface area contributed by atoms with Crippen LogP contribution in [0, 0.1) is 13.8 Å². The highest BCUT2D eigenvalue weighted by molar-refractivity contribution is 7.98. The van der Waals surface area contributed by atoms with Crippen LogP contribution < -0.4 is 0 Å². The normalized spacial score (nSPS) is 11.4. The quantitative estimate of drug-likeness (QED) is 0.724. The largest absolute Gasteiger partial charge is 0.462 e. The Bertz CT molecular complexity index is 791. The molecule has 0 saturated heterocycles. The number of nitrogens with one attached hydrogen (secondary N) is 1. The summed E-state index contributed by atoms with van der Waals surface area (Å²) in [5.74, 6) is 3.20. The molecule has 112 valence electrons. The molecule has 0 aliphatic heterocycles. The molecule has 22 heavy (non-hydrogen) atoms. The lowest BCUT2D eigenvalue weighted by Crippen LogP contribution is -1.85. The highest BCUT2D eigenvalue weighted by atomic mass is 32.2. The number of H-pyrrole nitrogens is 1. The molecule has 0 bridgehead atoms. The van der Waals surface area contributed by atoms with Gasteiger partial charge in [0.05, 0.1) is 0 Å². The standard InChI is InChI=1S/C16H16N4OS/c1-11-7-13(9-17-8-11)10-22-16-18-15(19-20-16)6-5-14-4-3-12(2)21-14/h3-9H,10H2,1-2H3,(H,18,19,20)/b6-5+. The third kappa shape index (κ3) is 3.85. The molecule has 0 aliphatic carbocycles. The summed E-state index contributed by atoms with van der Waals surface area (Å²) < 4.78 is 5.47. The molecular formula is C16H16N4OS. The Hall–Kier alpha value is -2.34. The zero-order valence-electron chi connectivity index (χ0n) is 12.4. The Balaban J connectivity index is 1.60. The van der Waals surface area contributed by atoms with E-state index < -0.39 is 0 Å². The number of nitrogens with zero attached hydrogens (tertiary/aromatic N) is 3. The molecule has 3 rings (SSSR count). The van der Waals surface area contributed by atoms with Crippen molar-refractivity contribution in [1.82, 2.24) is 20.2 Å². The number of hydrogen-bond acceptors (Lipinski definition) is 5. The summed E-state index contributed by atoms with van der Waals surface area (Å²) in [5, 5.41) is 7.82. The van der Waals surface area contributed by atoms with E-state index in [1.165, 1.54) is 0 Å². The Labute approximate surface area is 132 Å². The highest BCUT2D eigenvalue weighted by Gasteiger charge is 2.03. The van der Waals surface area contributed by atoms with Crippen LogP contribution in [-0.4, -0.2) is 20.2 Å². The molecule has 6 heteroatoms. The van der Waals surface area contributed by atoms with E-state index in [-0.39, 0.29) is 0 Å². The average molecular weight is 312 g/mol. The Morgan fingerprint density at radius 2 is 2.14 bits per heavy atom. The first-order valence-corrected chi connectivity index (χ1v) is 7.88. The fraction of sp³-hybridized carbons (Fsp3) is 0.188. The maximum atomic E-state index is 5.47.